The molecule has 0 unspecified atom stereocenters. The first-order valence-corrected chi connectivity index (χ1v) is 12.4. The maximum Gasteiger partial charge on any atom is 0.422 e. The molecule has 0 amide bonds. The fourth-order valence-corrected chi connectivity index (χ4v) is 4.23. The number of aryl methyl sites for hydroxylation is 1. The molecule has 1 aliphatic rings. The van der Waals surface area contributed by atoms with E-state index < -0.39 is 12.8 Å². The van der Waals surface area contributed by atoms with Crippen molar-refractivity contribution in [1.82, 2.24) is 29.8 Å². The molecule has 0 saturated carbocycles. The molecule has 3 aromatic heterocycles. The van der Waals surface area contributed by atoms with Crippen molar-refractivity contribution in [2.45, 2.75) is 32.5 Å². The number of anilines is 1. The van der Waals surface area contributed by atoms with E-state index in [-0.39, 0.29) is 11.6 Å². The van der Waals surface area contributed by atoms with Gasteiger partial charge >= 0.3 is 6.18 Å². The number of hydrogen-bond acceptors (Lipinski definition) is 8. The third-order valence-electron chi connectivity index (χ3n) is 6.23. The number of alkyl halides is 3. The van der Waals surface area contributed by atoms with Crippen LogP contribution in [0.2, 0.25) is 0 Å². The first-order chi connectivity index (χ1) is 18.3. The van der Waals surface area contributed by atoms with Gasteiger partial charge in [-0.2, -0.15) is 23.3 Å². The van der Waals surface area contributed by atoms with Gasteiger partial charge in [0.05, 0.1) is 6.54 Å². The van der Waals surface area contributed by atoms with Crippen molar-refractivity contribution in [3.8, 4) is 28.7 Å². The van der Waals surface area contributed by atoms with Crippen molar-refractivity contribution >= 4 is 5.82 Å². The predicted octanol–water partition coefficient (Wildman–Crippen LogP) is 4.80. The molecule has 1 aliphatic heterocycles. The van der Waals surface area contributed by atoms with Gasteiger partial charge in [0, 0.05) is 30.5 Å². The molecule has 12 heteroatoms. The zero-order valence-corrected chi connectivity index (χ0v) is 20.9. The molecule has 0 bridgehead atoms. The number of aromatic nitrogens is 5. The summed E-state index contributed by atoms with van der Waals surface area (Å²) in [6.45, 7) is 5.38. The van der Waals surface area contributed by atoms with Crippen LogP contribution in [0.3, 0.4) is 0 Å². The summed E-state index contributed by atoms with van der Waals surface area (Å²) >= 11 is 0. The Morgan fingerprint density at radius 3 is 2.58 bits per heavy atom. The standard InChI is InChI=1S/C26H28F3N7O2/c1-18-14-22(25-32-24(34-38-25)20-5-7-21(8-6-20)37-17-26(27,28)29)33-36(18)16-19-4-9-23(31-15-19)30-10-13-35-11-2-3-12-35/h4-9,14-15H,2-3,10-13,16-17H2,1H3,(H,30,31). The topological polar surface area (TPSA) is 94.1 Å². The summed E-state index contributed by atoms with van der Waals surface area (Å²) in [6, 6.07) is 11.9. The Balaban J connectivity index is 1.18. The average Bonchev–Trinajstić information content (AvgIpc) is 3.66. The minimum absolute atomic E-state index is 0.101. The Kier molecular flexibility index (Phi) is 7.59. The highest BCUT2D eigenvalue weighted by Crippen LogP contribution is 2.25. The number of likely N-dealkylation sites (tertiary alicyclic amines) is 1. The monoisotopic (exact) mass is 527 g/mol. The van der Waals surface area contributed by atoms with Gasteiger partial charge in [-0.1, -0.05) is 11.2 Å². The van der Waals surface area contributed by atoms with Crippen molar-refractivity contribution in [2.75, 3.05) is 38.1 Å². The van der Waals surface area contributed by atoms with Crippen molar-refractivity contribution in [2.24, 2.45) is 0 Å². The fraction of sp³-hybridized carbons (Fsp3) is 0.385. The largest absolute Gasteiger partial charge is 0.484 e. The van der Waals surface area contributed by atoms with E-state index >= 15 is 0 Å². The lowest BCUT2D eigenvalue weighted by molar-refractivity contribution is -0.153. The van der Waals surface area contributed by atoms with Crippen LogP contribution in [0.4, 0.5) is 19.0 Å². The second kappa shape index (κ2) is 11.2. The van der Waals surface area contributed by atoms with Crippen LogP contribution in [0.1, 0.15) is 24.1 Å². The average molecular weight is 528 g/mol. The first-order valence-electron chi connectivity index (χ1n) is 12.4. The van der Waals surface area contributed by atoms with Crippen LogP contribution in [0.25, 0.3) is 23.0 Å². The Labute approximate surface area is 217 Å². The SMILES string of the molecule is Cc1cc(-c2nc(-c3ccc(OCC(F)(F)F)cc3)no2)nn1Cc1ccc(NCCN2CCCC2)nc1. The lowest BCUT2D eigenvalue weighted by atomic mass is 10.2. The summed E-state index contributed by atoms with van der Waals surface area (Å²) in [7, 11) is 0. The quantitative estimate of drug-likeness (QED) is 0.314. The van der Waals surface area contributed by atoms with Gasteiger partial charge in [-0.3, -0.25) is 4.68 Å². The summed E-state index contributed by atoms with van der Waals surface area (Å²) < 4.78 is 49.0. The molecule has 4 aromatic rings. The Morgan fingerprint density at radius 2 is 1.87 bits per heavy atom. The lowest BCUT2D eigenvalue weighted by Gasteiger charge is -2.15. The van der Waals surface area contributed by atoms with E-state index in [0.717, 1.165) is 30.2 Å². The summed E-state index contributed by atoms with van der Waals surface area (Å²) in [5, 5.41) is 12.0. The number of hydrogen-bond donors (Lipinski definition) is 1. The number of nitrogens with zero attached hydrogens (tertiary/aromatic N) is 6. The van der Waals surface area contributed by atoms with Crippen LogP contribution in [-0.2, 0) is 6.54 Å². The number of nitrogens with one attached hydrogen (secondary N) is 1. The van der Waals surface area contributed by atoms with Gasteiger partial charge in [0.2, 0.25) is 5.82 Å². The number of ether oxygens (including phenoxy) is 1. The summed E-state index contributed by atoms with van der Waals surface area (Å²) in [6.07, 6.45) is 0.0180. The minimum atomic E-state index is -4.40. The van der Waals surface area contributed by atoms with Crippen LogP contribution in [0, 0.1) is 6.92 Å². The van der Waals surface area contributed by atoms with Gasteiger partial charge in [-0.25, -0.2) is 4.98 Å². The van der Waals surface area contributed by atoms with Crippen LogP contribution in [0.5, 0.6) is 5.75 Å². The summed E-state index contributed by atoms with van der Waals surface area (Å²) in [5.41, 5.74) is 3.03. The molecule has 4 heterocycles. The minimum Gasteiger partial charge on any atom is -0.484 e. The van der Waals surface area contributed by atoms with Gasteiger partial charge in [-0.15, -0.1) is 0 Å². The van der Waals surface area contributed by atoms with Crippen molar-refractivity contribution in [3.63, 3.8) is 0 Å². The van der Waals surface area contributed by atoms with Gasteiger partial charge in [0.25, 0.3) is 5.89 Å². The lowest BCUT2D eigenvalue weighted by Crippen LogP contribution is -2.26. The van der Waals surface area contributed by atoms with E-state index in [1.807, 2.05) is 36.0 Å². The van der Waals surface area contributed by atoms with E-state index in [1.54, 1.807) is 12.1 Å². The van der Waals surface area contributed by atoms with Gasteiger partial charge in [0.15, 0.2) is 12.3 Å². The van der Waals surface area contributed by atoms with E-state index in [9.17, 15) is 13.2 Å². The molecule has 1 N–H and O–H groups in total. The molecule has 0 spiro atoms. The fourth-order valence-electron chi connectivity index (χ4n) is 4.23. The van der Waals surface area contributed by atoms with Crippen molar-refractivity contribution in [1.29, 1.82) is 0 Å². The van der Waals surface area contributed by atoms with E-state index in [1.165, 1.54) is 38.1 Å². The highest BCUT2D eigenvalue weighted by Gasteiger charge is 2.28. The second-order valence-corrected chi connectivity index (χ2v) is 9.21. The highest BCUT2D eigenvalue weighted by molar-refractivity contribution is 5.59. The molecule has 0 atom stereocenters. The number of benzene rings is 1. The van der Waals surface area contributed by atoms with Crippen molar-refractivity contribution in [3.05, 3.63) is 59.9 Å². The third-order valence-corrected chi connectivity index (χ3v) is 6.23. The van der Waals surface area contributed by atoms with Crippen molar-refractivity contribution < 1.29 is 22.4 Å². The van der Waals surface area contributed by atoms with E-state index in [0.29, 0.717) is 23.6 Å². The maximum atomic E-state index is 12.3. The zero-order chi connectivity index (χ0) is 26.5. The summed E-state index contributed by atoms with van der Waals surface area (Å²) in [5.74, 6) is 1.50. The number of pyridine rings is 1. The molecule has 0 radical (unpaired) electrons. The number of rotatable bonds is 10. The van der Waals surface area contributed by atoms with Crippen LogP contribution in [-0.4, -0.2) is 68.8 Å². The van der Waals surface area contributed by atoms with Gasteiger partial charge in [-0.05, 0) is 74.8 Å². The number of halogens is 3. The molecule has 38 heavy (non-hydrogen) atoms. The molecule has 1 aromatic carbocycles. The van der Waals surface area contributed by atoms with Crippen LogP contribution in [0.15, 0.2) is 53.2 Å². The zero-order valence-electron chi connectivity index (χ0n) is 20.9. The Bertz CT molecular complexity index is 1330. The molecule has 1 fully saturated rings. The third kappa shape index (κ3) is 6.68. The molecule has 1 saturated heterocycles. The molecular weight excluding hydrogens is 499 g/mol. The predicted molar refractivity (Wildman–Crippen MR) is 135 cm³/mol. The van der Waals surface area contributed by atoms with Gasteiger partial charge in [0.1, 0.15) is 11.6 Å². The molecule has 5 rings (SSSR count). The van der Waals surface area contributed by atoms with Crippen LogP contribution < -0.4 is 10.1 Å². The van der Waals surface area contributed by atoms with E-state index in [2.05, 4.69) is 30.4 Å². The second-order valence-electron chi connectivity index (χ2n) is 9.21. The maximum absolute atomic E-state index is 12.3. The molecule has 9 nitrogen and oxygen atoms in total. The first kappa shape index (κ1) is 25.7. The van der Waals surface area contributed by atoms with Gasteiger partial charge < -0.3 is 19.5 Å². The molecular formula is C26H28F3N7O2. The summed E-state index contributed by atoms with van der Waals surface area (Å²) in [4.78, 5) is 11.4. The normalized spacial score (nSPS) is 14.2. The Morgan fingerprint density at radius 1 is 1.08 bits per heavy atom. The smallest absolute Gasteiger partial charge is 0.422 e. The van der Waals surface area contributed by atoms with Crippen LogP contribution >= 0.6 is 0 Å². The Hall–Kier alpha value is -3.93. The molecule has 200 valence electrons. The van der Waals surface area contributed by atoms with E-state index in [4.69, 9.17) is 9.26 Å². The highest BCUT2D eigenvalue weighted by atomic mass is 19.4. The molecule has 0 aliphatic carbocycles.